The lowest BCUT2D eigenvalue weighted by atomic mass is 10.0. The SMILES string of the molecule is CC(N)C(=O)NC(C(=O)NC(CO)C(=O)NC(Cc1c[nH]c2ccccc12)C(=O)O)C(C)C. The van der Waals surface area contributed by atoms with Gasteiger partial charge in [-0.25, -0.2) is 4.79 Å². The molecule has 1 aromatic heterocycles. The molecule has 0 spiro atoms. The lowest BCUT2D eigenvalue weighted by Gasteiger charge is -2.25. The predicted octanol–water partition coefficient (Wildman–Crippen LogP) is -0.755. The topological polar surface area (TPSA) is 187 Å². The minimum Gasteiger partial charge on any atom is -0.480 e. The molecule has 11 nitrogen and oxygen atoms in total. The van der Waals surface area contributed by atoms with E-state index in [0.29, 0.717) is 5.56 Å². The van der Waals surface area contributed by atoms with Gasteiger partial charge in [-0.05, 0) is 24.5 Å². The van der Waals surface area contributed by atoms with Crippen LogP contribution in [0.15, 0.2) is 30.5 Å². The van der Waals surface area contributed by atoms with Gasteiger partial charge in [0, 0.05) is 23.5 Å². The summed E-state index contributed by atoms with van der Waals surface area (Å²) < 4.78 is 0. The maximum Gasteiger partial charge on any atom is 0.326 e. The molecule has 3 amide bonds. The average molecular weight is 462 g/mol. The van der Waals surface area contributed by atoms with Gasteiger partial charge >= 0.3 is 5.97 Å². The number of amides is 3. The fourth-order valence-electron chi connectivity index (χ4n) is 3.27. The van der Waals surface area contributed by atoms with Crippen molar-refractivity contribution in [3.05, 3.63) is 36.0 Å². The highest BCUT2D eigenvalue weighted by Gasteiger charge is 2.31. The zero-order valence-corrected chi connectivity index (χ0v) is 18.8. The molecular formula is C22H31N5O6. The Morgan fingerprint density at radius 2 is 1.61 bits per heavy atom. The Labute approximate surface area is 191 Å². The molecule has 2 rings (SSSR count). The summed E-state index contributed by atoms with van der Waals surface area (Å²) in [6.45, 7) is 4.10. The van der Waals surface area contributed by atoms with Crippen LogP contribution in [-0.4, -0.2) is 69.7 Å². The molecule has 0 aliphatic heterocycles. The van der Waals surface area contributed by atoms with Crippen molar-refractivity contribution in [3.8, 4) is 0 Å². The number of hydrogen-bond acceptors (Lipinski definition) is 6. The first-order chi connectivity index (χ1) is 15.5. The van der Waals surface area contributed by atoms with E-state index in [2.05, 4.69) is 20.9 Å². The first-order valence-corrected chi connectivity index (χ1v) is 10.6. The van der Waals surface area contributed by atoms with Gasteiger partial charge in [0.25, 0.3) is 0 Å². The van der Waals surface area contributed by atoms with Crippen LogP contribution in [0, 0.1) is 5.92 Å². The van der Waals surface area contributed by atoms with Crippen molar-refractivity contribution in [3.63, 3.8) is 0 Å². The van der Waals surface area contributed by atoms with Gasteiger partial charge in [-0.2, -0.15) is 0 Å². The second kappa shape index (κ2) is 11.4. The summed E-state index contributed by atoms with van der Waals surface area (Å²) in [4.78, 5) is 52.1. The van der Waals surface area contributed by atoms with Crippen LogP contribution in [0.1, 0.15) is 26.3 Å². The van der Waals surface area contributed by atoms with Crippen molar-refractivity contribution >= 4 is 34.6 Å². The second-order valence-corrected chi connectivity index (χ2v) is 8.23. The summed E-state index contributed by atoms with van der Waals surface area (Å²) in [7, 11) is 0. The van der Waals surface area contributed by atoms with E-state index in [4.69, 9.17) is 5.73 Å². The summed E-state index contributed by atoms with van der Waals surface area (Å²) in [5.41, 5.74) is 7.05. The van der Waals surface area contributed by atoms with Gasteiger partial charge in [0.15, 0.2) is 0 Å². The maximum absolute atomic E-state index is 12.7. The van der Waals surface area contributed by atoms with E-state index in [9.17, 15) is 29.4 Å². The molecule has 1 aromatic carbocycles. The first-order valence-electron chi connectivity index (χ1n) is 10.6. The maximum atomic E-state index is 12.7. The standard InChI is InChI=1S/C22H31N5O6/c1-11(2)18(27-19(29)12(3)23)21(31)26-17(10-28)20(30)25-16(22(32)33)8-13-9-24-15-7-5-4-6-14(13)15/h4-7,9,11-12,16-18,24,28H,8,10,23H2,1-3H3,(H,25,30)(H,26,31)(H,27,29)(H,32,33). The zero-order chi connectivity index (χ0) is 24.7. The number of carbonyl (C=O) groups excluding carboxylic acids is 3. The molecule has 0 bridgehead atoms. The number of benzene rings is 1. The van der Waals surface area contributed by atoms with Crippen LogP contribution in [0.3, 0.4) is 0 Å². The Kier molecular flexibility index (Phi) is 8.94. The number of aliphatic carboxylic acids is 1. The number of aromatic nitrogens is 1. The number of H-pyrrole nitrogens is 1. The van der Waals surface area contributed by atoms with Crippen molar-refractivity contribution in [2.75, 3.05) is 6.61 Å². The first kappa shape index (κ1) is 25.8. The number of aliphatic hydroxyl groups is 1. The van der Waals surface area contributed by atoms with E-state index < -0.39 is 54.5 Å². The van der Waals surface area contributed by atoms with Crippen LogP contribution in [0.2, 0.25) is 0 Å². The molecule has 0 aliphatic carbocycles. The predicted molar refractivity (Wildman–Crippen MR) is 121 cm³/mol. The molecule has 0 fully saturated rings. The molecule has 0 saturated heterocycles. The van der Waals surface area contributed by atoms with E-state index in [1.54, 1.807) is 20.0 Å². The minimum atomic E-state index is -1.41. The summed E-state index contributed by atoms with van der Waals surface area (Å²) in [5.74, 6) is -3.70. The molecule has 1 heterocycles. The smallest absolute Gasteiger partial charge is 0.326 e. The fourth-order valence-corrected chi connectivity index (χ4v) is 3.27. The molecule has 2 aromatic rings. The van der Waals surface area contributed by atoms with Crippen molar-refractivity contribution in [2.24, 2.45) is 11.7 Å². The molecular weight excluding hydrogens is 430 g/mol. The highest BCUT2D eigenvalue weighted by Crippen LogP contribution is 2.19. The van der Waals surface area contributed by atoms with Crippen LogP contribution in [-0.2, 0) is 25.6 Å². The van der Waals surface area contributed by atoms with Crippen molar-refractivity contribution < 1.29 is 29.4 Å². The number of aliphatic hydroxyl groups excluding tert-OH is 1. The number of aromatic amines is 1. The van der Waals surface area contributed by atoms with E-state index in [0.717, 1.165) is 10.9 Å². The van der Waals surface area contributed by atoms with Gasteiger partial charge in [-0.15, -0.1) is 0 Å². The van der Waals surface area contributed by atoms with Gasteiger partial charge in [0.2, 0.25) is 17.7 Å². The lowest BCUT2D eigenvalue weighted by Crippen LogP contribution is -2.59. The van der Waals surface area contributed by atoms with Crippen LogP contribution in [0.25, 0.3) is 10.9 Å². The molecule has 4 atom stereocenters. The monoisotopic (exact) mass is 461 g/mol. The fraction of sp³-hybridized carbons (Fsp3) is 0.455. The Hall–Kier alpha value is -3.44. The van der Waals surface area contributed by atoms with Gasteiger partial charge in [-0.3, -0.25) is 14.4 Å². The Bertz CT molecular complexity index is 1000. The Balaban J connectivity index is 2.09. The quantitative estimate of drug-likeness (QED) is 0.229. The number of carbonyl (C=O) groups is 4. The summed E-state index contributed by atoms with van der Waals surface area (Å²) >= 11 is 0. The number of nitrogens with two attached hydrogens (primary N) is 1. The third-order valence-electron chi connectivity index (χ3n) is 5.19. The highest BCUT2D eigenvalue weighted by molar-refractivity contribution is 5.94. The van der Waals surface area contributed by atoms with Gasteiger partial charge < -0.3 is 36.9 Å². The molecule has 0 saturated carbocycles. The number of fused-ring (bicyclic) bond motifs is 1. The Morgan fingerprint density at radius 3 is 2.18 bits per heavy atom. The molecule has 8 N–H and O–H groups in total. The molecule has 180 valence electrons. The van der Waals surface area contributed by atoms with E-state index >= 15 is 0 Å². The number of rotatable bonds is 11. The largest absolute Gasteiger partial charge is 0.480 e. The molecule has 33 heavy (non-hydrogen) atoms. The van der Waals surface area contributed by atoms with Gasteiger partial charge in [0.05, 0.1) is 12.6 Å². The van der Waals surface area contributed by atoms with E-state index in [1.165, 1.54) is 6.92 Å². The molecule has 0 aliphatic rings. The van der Waals surface area contributed by atoms with Gasteiger partial charge in [0.1, 0.15) is 18.1 Å². The van der Waals surface area contributed by atoms with E-state index in [-0.39, 0.29) is 12.3 Å². The molecule has 11 heteroatoms. The minimum absolute atomic E-state index is 0.00372. The van der Waals surface area contributed by atoms with Crippen LogP contribution >= 0.6 is 0 Å². The number of nitrogens with one attached hydrogen (secondary N) is 4. The third-order valence-corrected chi connectivity index (χ3v) is 5.19. The Morgan fingerprint density at radius 1 is 0.970 bits per heavy atom. The van der Waals surface area contributed by atoms with Crippen molar-refractivity contribution in [2.45, 2.75) is 51.4 Å². The summed E-state index contributed by atoms with van der Waals surface area (Å²) in [6.07, 6.45) is 1.67. The van der Waals surface area contributed by atoms with Crippen LogP contribution < -0.4 is 21.7 Å². The van der Waals surface area contributed by atoms with Crippen molar-refractivity contribution in [1.82, 2.24) is 20.9 Å². The zero-order valence-electron chi connectivity index (χ0n) is 18.8. The highest BCUT2D eigenvalue weighted by atomic mass is 16.4. The van der Waals surface area contributed by atoms with Crippen LogP contribution in [0.4, 0.5) is 0 Å². The number of carboxylic acids is 1. The number of para-hydroxylation sites is 1. The van der Waals surface area contributed by atoms with Crippen LogP contribution in [0.5, 0.6) is 0 Å². The summed E-state index contributed by atoms with van der Waals surface area (Å²) in [6, 6.07) is 2.82. The number of carboxylic acid groups (broad SMARTS) is 1. The average Bonchev–Trinajstić information content (AvgIpc) is 3.17. The molecule has 4 unspecified atom stereocenters. The normalized spacial score (nSPS) is 14.8. The number of hydrogen-bond donors (Lipinski definition) is 7. The molecule has 0 radical (unpaired) electrons. The second-order valence-electron chi connectivity index (χ2n) is 8.23. The third kappa shape index (κ3) is 6.77. The summed E-state index contributed by atoms with van der Waals surface area (Å²) in [5, 5.41) is 27.3. The van der Waals surface area contributed by atoms with Gasteiger partial charge in [-0.1, -0.05) is 32.0 Å². The van der Waals surface area contributed by atoms with Crippen molar-refractivity contribution in [1.29, 1.82) is 0 Å². The van der Waals surface area contributed by atoms with E-state index in [1.807, 2.05) is 24.3 Å². The lowest BCUT2D eigenvalue weighted by molar-refractivity contribution is -0.142.